The van der Waals surface area contributed by atoms with Gasteiger partial charge in [0.15, 0.2) is 11.7 Å². The van der Waals surface area contributed by atoms with Crippen molar-refractivity contribution in [1.29, 1.82) is 0 Å². The van der Waals surface area contributed by atoms with Crippen molar-refractivity contribution in [2.75, 3.05) is 31.6 Å². The summed E-state index contributed by atoms with van der Waals surface area (Å²) in [5.74, 6) is 3.42. The molecule has 11 heteroatoms. The summed E-state index contributed by atoms with van der Waals surface area (Å²) >= 11 is 5.85. The third kappa shape index (κ3) is 6.65. The number of likely N-dealkylation sites (N-methyl/N-ethyl adjacent to an activating group) is 1. The second-order valence-electron chi connectivity index (χ2n) is 9.17. The number of ether oxygens (including phenoxy) is 1. The maximum Gasteiger partial charge on any atom is 0.336 e. The molecule has 2 heterocycles. The average Bonchev–Trinajstić information content (AvgIpc) is 2.96. The third-order valence-electron chi connectivity index (χ3n) is 6.55. The largest absolute Gasteiger partial charge is 0.505 e. The number of hydrogen-bond donors (Lipinski definition) is 2. The molecule has 0 bridgehead atoms. The number of fused-ring (bicyclic) bond motifs is 1. The molecule has 0 saturated heterocycles. The Kier molecular flexibility index (Phi) is 9.35. The van der Waals surface area contributed by atoms with Crippen LogP contribution in [-0.4, -0.2) is 58.7 Å². The summed E-state index contributed by atoms with van der Waals surface area (Å²) in [7, 11) is 1.26. The van der Waals surface area contributed by atoms with Crippen LogP contribution in [0.5, 0.6) is 11.5 Å². The van der Waals surface area contributed by atoms with Crippen molar-refractivity contribution >= 4 is 40.1 Å². The highest BCUT2D eigenvalue weighted by molar-refractivity contribution is 6.30. The minimum atomic E-state index is -1.57. The van der Waals surface area contributed by atoms with E-state index in [4.69, 9.17) is 20.8 Å². The van der Waals surface area contributed by atoms with Gasteiger partial charge < -0.3 is 29.2 Å². The minimum Gasteiger partial charge on any atom is -0.505 e. The Morgan fingerprint density at radius 2 is 1.81 bits per heavy atom. The van der Waals surface area contributed by atoms with E-state index in [-0.39, 0.29) is 23.4 Å². The molecule has 0 aliphatic carbocycles. The first-order chi connectivity index (χ1) is 20.1. The van der Waals surface area contributed by atoms with Crippen molar-refractivity contribution < 1.29 is 29.0 Å². The molecule has 4 aromatic rings. The van der Waals surface area contributed by atoms with Gasteiger partial charge in [0.1, 0.15) is 23.7 Å². The number of hydrogen-bond acceptors (Lipinski definition) is 8. The van der Waals surface area contributed by atoms with E-state index in [1.807, 2.05) is 18.7 Å². The summed E-state index contributed by atoms with van der Waals surface area (Å²) in [4.78, 5) is 45.2. The van der Waals surface area contributed by atoms with Crippen LogP contribution >= 0.6 is 11.6 Å². The van der Waals surface area contributed by atoms with Crippen molar-refractivity contribution in [1.82, 2.24) is 9.88 Å². The lowest BCUT2D eigenvalue weighted by Gasteiger charge is -2.26. The monoisotopic (exact) mass is 589 g/mol. The average molecular weight is 590 g/mol. The summed E-state index contributed by atoms with van der Waals surface area (Å²) in [6.07, 6.45) is 1.28. The number of aromatic nitrogens is 1. The quantitative estimate of drug-likeness (QED) is 0.210. The number of carboxylic acid groups (broad SMARTS) is 1. The van der Waals surface area contributed by atoms with E-state index in [0.717, 1.165) is 29.7 Å². The van der Waals surface area contributed by atoms with Crippen molar-refractivity contribution in [2.45, 2.75) is 19.9 Å². The van der Waals surface area contributed by atoms with E-state index in [9.17, 15) is 24.6 Å². The summed E-state index contributed by atoms with van der Waals surface area (Å²) in [6.45, 7) is 5.47. The molecule has 1 unspecified atom stereocenters. The molecule has 216 valence electrons. The highest BCUT2D eigenvalue weighted by atomic mass is 35.5. The van der Waals surface area contributed by atoms with Crippen LogP contribution in [0.15, 0.2) is 70.0 Å². The van der Waals surface area contributed by atoms with Gasteiger partial charge in [0.25, 0.3) is 5.91 Å². The van der Waals surface area contributed by atoms with Gasteiger partial charge >= 0.3 is 11.6 Å². The Hall–Kier alpha value is -5.01. The van der Waals surface area contributed by atoms with Gasteiger partial charge in [-0.15, -0.1) is 0 Å². The molecule has 0 radical (unpaired) electrons. The zero-order valence-electron chi connectivity index (χ0n) is 23.1. The number of carbonyl (C=O) groups is 2. The molecule has 42 heavy (non-hydrogen) atoms. The Labute approximate surface area is 246 Å². The molecular weight excluding hydrogens is 562 g/mol. The van der Waals surface area contributed by atoms with Gasteiger partial charge in [-0.2, -0.15) is 0 Å². The zero-order valence-corrected chi connectivity index (χ0v) is 23.9. The fraction of sp³-hybridized carbons (Fsp3) is 0.226. The predicted molar refractivity (Wildman–Crippen MR) is 158 cm³/mol. The van der Waals surface area contributed by atoms with E-state index in [2.05, 4.69) is 16.8 Å². The van der Waals surface area contributed by atoms with Gasteiger partial charge in [-0.1, -0.05) is 23.4 Å². The first kappa shape index (κ1) is 30.0. The Balaban J connectivity index is 1.58. The molecule has 2 aromatic carbocycles. The number of carboxylic acids is 1. The summed E-state index contributed by atoms with van der Waals surface area (Å²) in [6, 6.07) is 12.6. The molecule has 4 rings (SSSR count). The number of carbonyl (C=O) groups excluding carboxylic acids is 1. The maximum absolute atomic E-state index is 13.3. The summed E-state index contributed by atoms with van der Waals surface area (Å²) in [5, 5.41) is 21.6. The normalized spacial score (nSPS) is 11.3. The molecule has 1 atom stereocenters. The Morgan fingerprint density at radius 3 is 2.45 bits per heavy atom. The smallest absolute Gasteiger partial charge is 0.336 e. The maximum atomic E-state index is 13.3. The van der Waals surface area contributed by atoms with Gasteiger partial charge in [-0.3, -0.25) is 4.79 Å². The van der Waals surface area contributed by atoms with Crippen LogP contribution in [0.2, 0.25) is 5.02 Å². The van der Waals surface area contributed by atoms with Crippen molar-refractivity contribution in [3.8, 4) is 23.3 Å². The lowest BCUT2D eigenvalue weighted by molar-refractivity contribution is -0.142. The molecule has 1 amide bonds. The molecular formula is C31H28ClN3O7. The lowest BCUT2D eigenvalue weighted by atomic mass is 10.0. The molecule has 0 saturated carbocycles. The number of aliphatic carboxylic acids is 1. The predicted octanol–water partition coefficient (Wildman–Crippen LogP) is 4.72. The SMILES string of the molecule is CCN(CC)c1ccc2c(C(C(=O)O)N(C)C(=O)c3ncc(C#CCOc4ccc(Cl)cc4)cc3O)cc(=O)oc2c1. The standard InChI is InChI=1S/C31H28ClN3O7/c1-4-35(5-2)21-10-13-23-24(17-27(37)42-26(23)16-21)29(31(39)40)34(3)30(38)28-25(36)15-19(18-33-28)7-6-14-41-22-11-8-20(32)9-12-22/h8-13,15-18,29,36H,4-5,14H2,1-3H3,(H,39,40). The summed E-state index contributed by atoms with van der Waals surface area (Å²) in [5.41, 5.74) is 0.249. The molecule has 0 aliphatic heterocycles. The van der Waals surface area contributed by atoms with Crippen LogP contribution in [0.4, 0.5) is 5.69 Å². The Morgan fingerprint density at radius 1 is 1.10 bits per heavy atom. The van der Waals surface area contributed by atoms with Gasteiger partial charge in [-0.05, 0) is 56.3 Å². The lowest BCUT2D eigenvalue weighted by Crippen LogP contribution is -2.37. The van der Waals surface area contributed by atoms with Crippen LogP contribution < -0.4 is 15.3 Å². The molecule has 2 N–H and O–H groups in total. The van der Waals surface area contributed by atoms with Crippen LogP contribution in [-0.2, 0) is 4.79 Å². The molecule has 10 nitrogen and oxygen atoms in total. The van der Waals surface area contributed by atoms with E-state index in [1.165, 1.54) is 19.3 Å². The number of anilines is 1. The number of benzene rings is 2. The number of halogens is 1. The van der Waals surface area contributed by atoms with E-state index in [0.29, 0.717) is 21.7 Å². The first-order valence-electron chi connectivity index (χ1n) is 13.0. The molecule has 2 aromatic heterocycles. The van der Waals surface area contributed by atoms with Crippen LogP contribution in [0, 0.1) is 11.8 Å². The summed E-state index contributed by atoms with van der Waals surface area (Å²) < 4.78 is 10.9. The van der Waals surface area contributed by atoms with Crippen molar-refractivity contribution in [3.05, 3.63) is 93.1 Å². The number of amides is 1. The number of aromatic hydroxyl groups is 1. The molecule has 0 aliphatic rings. The molecule has 0 spiro atoms. The van der Waals surface area contributed by atoms with Crippen molar-refractivity contribution in [2.24, 2.45) is 0 Å². The number of pyridine rings is 1. The topological polar surface area (TPSA) is 133 Å². The Bertz CT molecular complexity index is 1740. The zero-order chi connectivity index (χ0) is 30.4. The fourth-order valence-electron chi connectivity index (χ4n) is 4.45. The highest BCUT2D eigenvalue weighted by Gasteiger charge is 2.33. The second-order valence-corrected chi connectivity index (χ2v) is 9.60. The highest BCUT2D eigenvalue weighted by Crippen LogP contribution is 2.31. The number of rotatable bonds is 9. The van der Waals surface area contributed by atoms with Gasteiger partial charge in [0.05, 0.1) is 0 Å². The van der Waals surface area contributed by atoms with Crippen LogP contribution in [0.25, 0.3) is 11.0 Å². The molecule has 0 fully saturated rings. The van der Waals surface area contributed by atoms with Gasteiger partial charge in [0.2, 0.25) is 0 Å². The van der Waals surface area contributed by atoms with E-state index >= 15 is 0 Å². The second kappa shape index (κ2) is 13.1. The van der Waals surface area contributed by atoms with Gasteiger partial charge in [0, 0.05) is 65.7 Å². The van der Waals surface area contributed by atoms with Crippen LogP contribution in [0.1, 0.15) is 41.5 Å². The first-order valence-corrected chi connectivity index (χ1v) is 13.4. The third-order valence-corrected chi connectivity index (χ3v) is 6.80. The number of nitrogens with zero attached hydrogens (tertiary/aromatic N) is 3. The van der Waals surface area contributed by atoms with E-state index < -0.39 is 29.3 Å². The van der Waals surface area contributed by atoms with Crippen molar-refractivity contribution in [3.63, 3.8) is 0 Å². The minimum absolute atomic E-state index is 0.0571. The van der Waals surface area contributed by atoms with Gasteiger partial charge in [-0.25, -0.2) is 14.6 Å². The van der Waals surface area contributed by atoms with Crippen LogP contribution in [0.3, 0.4) is 0 Å². The van der Waals surface area contributed by atoms with E-state index in [1.54, 1.807) is 42.5 Å². The fourth-order valence-corrected chi connectivity index (χ4v) is 4.58.